The standard InChI is InChI=1S/C18H27N3OS/c1-20(2)12-10-19-18(23)21-11-9-15(13-21)22-17-8-4-6-14-5-3-7-16(14)17/h4,6,8,15H,3,5,7,9-13H2,1-2H3,(H,19,23). The summed E-state index contributed by atoms with van der Waals surface area (Å²) in [6, 6.07) is 6.49. The van der Waals surface area contributed by atoms with Crippen molar-refractivity contribution in [3.05, 3.63) is 29.3 Å². The Bertz CT molecular complexity index is 561. The van der Waals surface area contributed by atoms with Crippen LogP contribution >= 0.6 is 12.2 Å². The van der Waals surface area contributed by atoms with Gasteiger partial charge in [-0.3, -0.25) is 0 Å². The van der Waals surface area contributed by atoms with Crippen molar-refractivity contribution >= 4 is 17.3 Å². The summed E-state index contributed by atoms with van der Waals surface area (Å²) in [5, 5.41) is 4.20. The minimum Gasteiger partial charge on any atom is -0.488 e. The topological polar surface area (TPSA) is 27.7 Å². The van der Waals surface area contributed by atoms with E-state index in [1.807, 2.05) is 0 Å². The number of aryl methyl sites for hydroxylation is 1. The number of fused-ring (bicyclic) bond motifs is 1. The van der Waals surface area contributed by atoms with Crippen molar-refractivity contribution in [1.29, 1.82) is 0 Å². The Hall–Kier alpha value is -1.33. The van der Waals surface area contributed by atoms with Gasteiger partial charge in [-0.15, -0.1) is 0 Å². The second kappa shape index (κ2) is 7.49. The number of thiocarbonyl (C=S) groups is 1. The number of nitrogens with one attached hydrogen (secondary N) is 1. The highest BCUT2D eigenvalue weighted by atomic mass is 32.1. The van der Waals surface area contributed by atoms with Crippen molar-refractivity contribution in [2.75, 3.05) is 40.3 Å². The maximum Gasteiger partial charge on any atom is 0.169 e. The number of ether oxygens (including phenoxy) is 1. The van der Waals surface area contributed by atoms with Crippen molar-refractivity contribution < 1.29 is 4.74 Å². The van der Waals surface area contributed by atoms with E-state index in [-0.39, 0.29) is 6.10 Å². The van der Waals surface area contributed by atoms with Gasteiger partial charge < -0.3 is 19.9 Å². The van der Waals surface area contributed by atoms with Gasteiger partial charge in [-0.25, -0.2) is 0 Å². The van der Waals surface area contributed by atoms with Crippen LogP contribution in [0.5, 0.6) is 5.75 Å². The highest BCUT2D eigenvalue weighted by Crippen LogP contribution is 2.32. The van der Waals surface area contributed by atoms with E-state index < -0.39 is 0 Å². The minimum atomic E-state index is 0.246. The molecule has 0 spiro atoms. The normalized spacial score (nSPS) is 20.0. The van der Waals surface area contributed by atoms with Crippen LogP contribution in [0.15, 0.2) is 18.2 Å². The monoisotopic (exact) mass is 333 g/mol. The molecule has 1 aromatic rings. The van der Waals surface area contributed by atoms with Crippen LogP contribution in [-0.4, -0.2) is 61.3 Å². The Morgan fingerprint density at radius 3 is 3.09 bits per heavy atom. The summed E-state index contributed by atoms with van der Waals surface area (Å²) in [5.41, 5.74) is 2.90. The summed E-state index contributed by atoms with van der Waals surface area (Å²) in [6.45, 7) is 3.75. The fraction of sp³-hybridized carbons (Fsp3) is 0.611. The zero-order chi connectivity index (χ0) is 16.2. The van der Waals surface area contributed by atoms with Crippen LogP contribution in [0.4, 0.5) is 0 Å². The molecule has 2 aliphatic rings. The van der Waals surface area contributed by atoms with Gasteiger partial charge in [0.2, 0.25) is 0 Å². The van der Waals surface area contributed by atoms with Crippen molar-refractivity contribution in [1.82, 2.24) is 15.1 Å². The molecule has 1 aliphatic heterocycles. The van der Waals surface area contributed by atoms with Gasteiger partial charge in [-0.05, 0) is 62.8 Å². The second-order valence-electron chi connectivity index (χ2n) is 6.76. The third kappa shape index (κ3) is 4.15. The van der Waals surface area contributed by atoms with Gasteiger partial charge in [0.25, 0.3) is 0 Å². The number of rotatable bonds is 5. The van der Waals surface area contributed by atoms with Crippen LogP contribution in [0.1, 0.15) is 24.0 Å². The predicted octanol–water partition coefficient (Wildman–Crippen LogP) is 2.06. The van der Waals surface area contributed by atoms with E-state index in [0.29, 0.717) is 0 Å². The van der Waals surface area contributed by atoms with Crippen LogP contribution in [-0.2, 0) is 12.8 Å². The van der Waals surface area contributed by atoms with E-state index in [1.165, 1.54) is 24.0 Å². The van der Waals surface area contributed by atoms with Gasteiger partial charge in [0.05, 0.1) is 6.54 Å². The first-order chi connectivity index (χ1) is 11.1. The molecule has 1 saturated heterocycles. The quantitative estimate of drug-likeness (QED) is 0.833. The van der Waals surface area contributed by atoms with E-state index in [1.54, 1.807) is 0 Å². The molecule has 0 aromatic heterocycles. The van der Waals surface area contributed by atoms with Gasteiger partial charge in [-0.2, -0.15) is 0 Å². The molecule has 1 N–H and O–H groups in total. The number of likely N-dealkylation sites (N-methyl/N-ethyl adjacent to an activating group) is 1. The number of benzene rings is 1. The fourth-order valence-corrected chi connectivity index (χ4v) is 3.65. The molecule has 4 nitrogen and oxygen atoms in total. The Labute approximate surface area is 144 Å². The van der Waals surface area contributed by atoms with Gasteiger partial charge in [0.15, 0.2) is 5.11 Å². The first-order valence-electron chi connectivity index (χ1n) is 8.58. The molecule has 1 fully saturated rings. The molecule has 1 atom stereocenters. The fourth-order valence-electron chi connectivity index (χ4n) is 3.38. The summed E-state index contributed by atoms with van der Waals surface area (Å²) in [5.74, 6) is 1.10. The summed E-state index contributed by atoms with van der Waals surface area (Å²) < 4.78 is 6.30. The number of hydrogen-bond donors (Lipinski definition) is 1. The SMILES string of the molecule is CN(C)CCNC(=S)N1CCC(Oc2cccc3c2CCC3)C1. The third-order valence-corrected chi connectivity index (χ3v) is 5.07. The molecule has 5 heteroatoms. The lowest BCUT2D eigenvalue weighted by molar-refractivity contribution is 0.212. The highest BCUT2D eigenvalue weighted by Gasteiger charge is 2.27. The Kier molecular flexibility index (Phi) is 5.38. The van der Waals surface area contributed by atoms with Crippen LogP contribution in [0, 0.1) is 0 Å². The molecule has 0 bridgehead atoms. The molecule has 1 aliphatic carbocycles. The first kappa shape index (κ1) is 16.5. The minimum absolute atomic E-state index is 0.246. The van der Waals surface area contributed by atoms with Gasteiger partial charge in [-0.1, -0.05) is 12.1 Å². The molecule has 0 saturated carbocycles. The Morgan fingerprint density at radius 2 is 2.26 bits per heavy atom. The largest absolute Gasteiger partial charge is 0.488 e. The smallest absolute Gasteiger partial charge is 0.169 e. The van der Waals surface area contributed by atoms with Crippen molar-refractivity contribution in [2.45, 2.75) is 31.8 Å². The van der Waals surface area contributed by atoms with E-state index in [9.17, 15) is 0 Å². The first-order valence-corrected chi connectivity index (χ1v) is 8.99. The van der Waals surface area contributed by atoms with Crippen molar-refractivity contribution in [2.24, 2.45) is 0 Å². The maximum atomic E-state index is 6.30. The van der Waals surface area contributed by atoms with Gasteiger partial charge in [0.1, 0.15) is 11.9 Å². The van der Waals surface area contributed by atoms with Gasteiger partial charge >= 0.3 is 0 Å². The van der Waals surface area contributed by atoms with Crippen molar-refractivity contribution in [3.63, 3.8) is 0 Å². The lowest BCUT2D eigenvalue weighted by atomic mass is 10.1. The van der Waals surface area contributed by atoms with E-state index in [4.69, 9.17) is 17.0 Å². The predicted molar refractivity (Wildman–Crippen MR) is 98.2 cm³/mol. The van der Waals surface area contributed by atoms with Gasteiger partial charge in [0, 0.05) is 26.1 Å². The summed E-state index contributed by atoms with van der Waals surface area (Å²) in [4.78, 5) is 4.39. The second-order valence-corrected chi connectivity index (χ2v) is 7.14. The molecule has 1 heterocycles. The van der Waals surface area contributed by atoms with Crippen LogP contribution in [0.2, 0.25) is 0 Å². The lowest BCUT2D eigenvalue weighted by Gasteiger charge is -2.22. The summed E-state index contributed by atoms with van der Waals surface area (Å²) >= 11 is 5.50. The zero-order valence-corrected chi connectivity index (χ0v) is 15.0. The molecule has 3 rings (SSSR count). The number of nitrogens with zero attached hydrogens (tertiary/aromatic N) is 2. The molecular formula is C18H27N3OS. The molecule has 1 aromatic carbocycles. The third-order valence-electron chi connectivity index (χ3n) is 4.66. The molecule has 126 valence electrons. The molecule has 23 heavy (non-hydrogen) atoms. The molecule has 1 unspecified atom stereocenters. The summed E-state index contributed by atoms with van der Waals surface area (Å²) in [7, 11) is 4.14. The zero-order valence-electron chi connectivity index (χ0n) is 14.2. The lowest BCUT2D eigenvalue weighted by Crippen LogP contribution is -2.41. The van der Waals surface area contributed by atoms with Crippen LogP contribution < -0.4 is 10.1 Å². The number of hydrogen-bond acceptors (Lipinski definition) is 3. The maximum absolute atomic E-state index is 6.30. The van der Waals surface area contributed by atoms with E-state index >= 15 is 0 Å². The molecular weight excluding hydrogens is 306 g/mol. The van der Waals surface area contributed by atoms with Crippen LogP contribution in [0.3, 0.4) is 0 Å². The average molecular weight is 334 g/mol. The summed E-state index contributed by atoms with van der Waals surface area (Å²) in [6.07, 6.45) is 4.90. The molecule has 0 amide bonds. The highest BCUT2D eigenvalue weighted by molar-refractivity contribution is 7.80. The number of likely N-dealkylation sites (tertiary alicyclic amines) is 1. The molecule has 0 radical (unpaired) electrons. The average Bonchev–Trinajstić information content (AvgIpc) is 3.16. The van der Waals surface area contributed by atoms with Crippen LogP contribution in [0.25, 0.3) is 0 Å². The van der Waals surface area contributed by atoms with E-state index in [0.717, 1.165) is 49.9 Å². The van der Waals surface area contributed by atoms with E-state index in [2.05, 4.69) is 47.4 Å². The van der Waals surface area contributed by atoms with Crippen molar-refractivity contribution in [3.8, 4) is 5.75 Å². The Morgan fingerprint density at radius 1 is 1.39 bits per heavy atom. The Balaban J connectivity index is 1.50.